The highest BCUT2D eigenvalue weighted by molar-refractivity contribution is 6.32. The van der Waals surface area contributed by atoms with Gasteiger partial charge in [-0.05, 0) is 24.6 Å². The molecule has 1 aromatic heterocycles. The lowest BCUT2D eigenvalue weighted by molar-refractivity contribution is 0.651. The molecule has 0 aliphatic heterocycles. The summed E-state index contributed by atoms with van der Waals surface area (Å²) >= 11 is 5.99. The highest BCUT2D eigenvalue weighted by atomic mass is 35.5. The topological polar surface area (TPSA) is 53.6 Å². The van der Waals surface area contributed by atoms with E-state index in [2.05, 4.69) is 21.8 Å². The van der Waals surface area contributed by atoms with Crippen LogP contribution in [-0.4, -0.2) is 9.55 Å². The SMILES string of the molecule is CCCn1cncc1CNc1ccc(C#N)c(Cl)c1. The first-order valence-corrected chi connectivity index (χ1v) is 6.55. The zero-order chi connectivity index (χ0) is 13.7. The van der Waals surface area contributed by atoms with Crippen molar-refractivity contribution in [3.05, 3.63) is 47.0 Å². The van der Waals surface area contributed by atoms with E-state index in [9.17, 15) is 0 Å². The van der Waals surface area contributed by atoms with Gasteiger partial charge in [0, 0.05) is 18.4 Å². The molecule has 4 nitrogen and oxygen atoms in total. The van der Waals surface area contributed by atoms with Crippen LogP contribution in [0.4, 0.5) is 5.69 Å². The van der Waals surface area contributed by atoms with Crippen LogP contribution in [0.25, 0.3) is 0 Å². The molecule has 0 bridgehead atoms. The van der Waals surface area contributed by atoms with Gasteiger partial charge in [0.2, 0.25) is 0 Å². The number of aryl methyl sites for hydroxylation is 1. The summed E-state index contributed by atoms with van der Waals surface area (Å²) in [6.45, 7) is 3.78. The smallest absolute Gasteiger partial charge is 0.101 e. The number of benzene rings is 1. The van der Waals surface area contributed by atoms with Crippen molar-refractivity contribution in [2.75, 3.05) is 5.32 Å². The van der Waals surface area contributed by atoms with Crippen LogP contribution in [0.3, 0.4) is 0 Å². The third-order valence-electron chi connectivity index (χ3n) is 2.83. The van der Waals surface area contributed by atoms with Crippen molar-refractivity contribution < 1.29 is 0 Å². The van der Waals surface area contributed by atoms with Gasteiger partial charge in [-0.25, -0.2) is 4.98 Å². The first-order valence-electron chi connectivity index (χ1n) is 6.17. The molecular formula is C14H15ClN4. The maximum atomic E-state index is 8.82. The molecule has 1 aromatic carbocycles. The molecule has 0 unspecified atom stereocenters. The summed E-state index contributed by atoms with van der Waals surface area (Å²) in [7, 11) is 0. The first kappa shape index (κ1) is 13.4. The van der Waals surface area contributed by atoms with Crippen molar-refractivity contribution >= 4 is 17.3 Å². The molecule has 0 aliphatic carbocycles. The third kappa shape index (κ3) is 3.27. The fraction of sp³-hybridized carbons (Fsp3) is 0.286. The van der Waals surface area contributed by atoms with Gasteiger partial charge in [-0.3, -0.25) is 0 Å². The molecule has 0 amide bonds. The zero-order valence-electron chi connectivity index (χ0n) is 10.7. The fourth-order valence-corrected chi connectivity index (χ4v) is 2.07. The summed E-state index contributed by atoms with van der Waals surface area (Å²) in [4.78, 5) is 4.15. The second-order valence-electron chi connectivity index (χ2n) is 4.24. The summed E-state index contributed by atoms with van der Waals surface area (Å²) in [5.41, 5.74) is 2.51. The van der Waals surface area contributed by atoms with Gasteiger partial charge in [-0.15, -0.1) is 0 Å². The fourth-order valence-electron chi connectivity index (χ4n) is 1.85. The predicted molar refractivity (Wildman–Crippen MR) is 76.0 cm³/mol. The number of hydrogen-bond acceptors (Lipinski definition) is 3. The lowest BCUT2D eigenvalue weighted by Crippen LogP contribution is -2.06. The van der Waals surface area contributed by atoms with Crippen LogP contribution < -0.4 is 5.32 Å². The summed E-state index contributed by atoms with van der Waals surface area (Å²) in [5.74, 6) is 0. The average Bonchev–Trinajstić information content (AvgIpc) is 2.84. The average molecular weight is 275 g/mol. The Kier molecular flexibility index (Phi) is 4.43. The minimum atomic E-state index is 0.467. The number of nitrogens with one attached hydrogen (secondary N) is 1. The van der Waals surface area contributed by atoms with Gasteiger partial charge in [0.1, 0.15) is 6.07 Å². The Balaban J connectivity index is 2.04. The number of imidazole rings is 1. The van der Waals surface area contributed by atoms with Crippen molar-refractivity contribution in [3.8, 4) is 6.07 Å². The van der Waals surface area contributed by atoms with E-state index in [0.717, 1.165) is 24.3 Å². The van der Waals surface area contributed by atoms with E-state index >= 15 is 0 Å². The molecule has 2 rings (SSSR count). The molecule has 0 fully saturated rings. The van der Waals surface area contributed by atoms with Gasteiger partial charge in [-0.2, -0.15) is 5.26 Å². The highest BCUT2D eigenvalue weighted by Gasteiger charge is 2.03. The standard InChI is InChI=1S/C14H15ClN4/c1-2-5-19-10-17-8-13(19)9-18-12-4-3-11(7-16)14(15)6-12/h3-4,6,8,10,18H,2,5,9H2,1H3. The molecule has 98 valence electrons. The summed E-state index contributed by atoms with van der Waals surface area (Å²) in [6, 6.07) is 7.38. The monoisotopic (exact) mass is 274 g/mol. The first-order chi connectivity index (χ1) is 9.24. The molecule has 0 saturated carbocycles. The molecule has 0 radical (unpaired) electrons. The third-order valence-corrected chi connectivity index (χ3v) is 3.14. The molecule has 1 heterocycles. The highest BCUT2D eigenvalue weighted by Crippen LogP contribution is 2.20. The van der Waals surface area contributed by atoms with E-state index in [1.165, 1.54) is 0 Å². The molecule has 0 atom stereocenters. The van der Waals surface area contributed by atoms with Crippen LogP contribution in [0.2, 0.25) is 5.02 Å². The van der Waals surface area contributed by atoms with E-state index in [1.54, 1.807) is 12.1 Å². The quantitative estimate of drug-likeness (QED) is 0.909. The van der Waals surface area contributed by atoms with Gasteiger partial charge in [-0.1, -0.05) is 18.5 Å². The van der Waals surface area contributed by atoms with Gasteiger partial charge in [0.15, 0.2) is 0 Å². The second-order valence-corrected chi connectivity index (χ2v) is 4.65. The van der Waals surface area contributed by atoms with Crippen LogP contribution in [0.15, 0.2) is 30.7 Å². The van der Waals surface area contributed by atoms with Crippen molar-refractivity contribution in [1.82, 2.24) is 9.55 Å². The maximum Gasteiger partial charge on any atom is 0.101 e. The van der Waals surface area contributed by atoms with Gasteiger partial charge in [0.25, 0.3) is 0 Å². The molecule has 0 aliphatic rings. The Bertz CT molecular complexity index is 598. The number of nitriles is 1. The van der Waals surface area contributed by atoms with E-state index < -0.39 is 0 Å². The lowest BCUT2D eigenvalue weighted by Gasteiger charge is -2.09. The Hall–Kier alpha value is -1.99. The Morgan fingerprint density at radius 3 is 3.00 bits per heavy atom. The van der Waals surface area contributed by atoms with Gasteiger partial charge >= 0.3 is 0 Å². The molecule has 2 aromatic rings. The van der Waals surface area contributed by atoms with Crippen molar-refractivity contribution in [1.29, 1.82) is 5.26 Å². The summed E-state index contributed by atoms with van der Waals surface area (Å²) in [5, 5.41) is 12.6. The van der Waals surface area contributed by atoms with Crippen molar-refractivity contribution in [2.45, 2.75) is 26.4 Å². The van der Waals surface area contributed by atoms with E-state index in [-0.39, 0.29) is 0 Å². The van der Waals surface area contributed by atoms with Crippen molar-refractivity contribution in [2.24, 2.45) is 0 Å². The van der Waals surface area contributed by atoms with Crippen LogP contribution in [0, 0.1) is 11.3 Å². The molecule has 5 heteroatoms. The minimum absolute atomic E-state index is 0.467. The second kappa shape index (κ2) is 6.26. The van der Waals surface area contributed by atoms with Gasteiger partial charge < -0.3 is 9.88 Å². The number of anilines is 1. The molecule has 0 spiro atoms. The molecule has 0 saturated heterocycles. The van der Waals surface area contributed by atoms with Crippen LogP contribution in [0.5, 0.6) is 0 Å². The normalized spacial score (nSPS) is 10.2. The van der Waals surface area contributed by atoms with Crippen LogP contribution in [-0.2, 0) is 13.1 Å². The predicted octanol–water partition coefficient (Wildman–Crippen LogP) is 3.43. The molecular weight excluding hydrogens is 260 g/mol. The maximum absolute atomic E-state index is 8.82. The number of hydrogen-bond donors (Lipinski definition) is 1. The number of nitrogens with zero attached hydrogens (tertiary/aromatic N) is 3. The van der Waals surface area contributed by atoms with E-state index in [1.807, 2.05) is 24.7 Å². The Labute approximate surface area is 117 Å². The number of halogens is 1. The number of rotatable bonds is 5. The van der Waals surface area contributed by atoms with Crippen molar-refractivity contribution in [3.63, 3.8) is 0 Å². The van der Waals surface area contributed by atoms with E-state index in [0.29, 0.717) is 17.1 Å². The van der Waals surface area contributed by atoms with Crippen LogP contribution >= 0.6 is 11.6 Å². The number of aromatic nitrogens is 2. The van der Waals surface area contributed by atoms with Crippen LogP contribution in [0.1, 0.15) is 24.6 Å². The molecule has 1 N–H and O–H groups in total. The zero-order valence-corrected chi connectivity index (χ0v) is 11.5. The Morgan fingerprint density at radius 2 is 2.32 bits per heavy atom. The summed E-state index contributed by atoms with van der Waals surface area (Å²) in [6.07, 6.45) is 4.77. The largest absolute Gasteiger partial charge is 0.379 e. The lowest BCUT2D eigenvalue weighted by atomic mass is 10.2. The minimum Gasteiger partial charge on any atom is -0.379 e. The summed E-state index contributed by atoms with van der Waals surface area (Å²) < 4.78 is 2.12. The van der Waals surface area contributed by atoms with Gasteiger partial charge in [0.05, 0.1) is 29.2 Å². The molecule has 19 heavy (non-hydrogen) atoms. The Morgan fingerprint density at radius 1 is 1.47 bits per heavy atom. The van der Waals surface area contributed by atoms with E-state index in [4.69, 9.17) is 16.9 Å².